The van der Waals surface area contributed by atoms with Gasteiger partial charge in [-0.1, -0.05) is 29.3 Å². The van der Waals surface area contributed by atoms with Crippen molar-refractivity contribution in [2.75, 3.05) is 5.32 Å². The fraction of sp³-hybridized carbons (Fsp3) is 0.118. The van der Waals surface area contributed by atoms with Gasteiger partial charge in [-0.3, -0.25) is 4.68 Å². The Labute approximate surface area is 153 Å². The summed E-state index contributed by atoms with van der Waals surface area (Å²) in [5.74, 6) is 2.09. The van der Waals surface area contributed by atoms with Crippen LogP contribution in [0, 0.1) is 6.92 Å². The number of hydrogen-bond acceptors (Lipinski definition) is 4. The number of nitrogens with one attached hydrogen (secondary N) is 2. The second-order valence-electron chi connectivity index (χ2n) is 5.66. The summed E-state index contributed by atoms with van der Waals surface area (Å²) in [5.41, 5.74) is 3.13. The van der Waals surface area contributed by atoms with Gasteiger partial charge in [0.1, 0.15) is 17.2 Å². The lowest BCUT2D eigenvalue weighted by Gasteiger charge is -2.06. The number of nitrogens with zero attached hydrogens (tertiary/aromatic N) is 4. The van der Waals surface area contributed by atoms with Crippen LogP contribution in [0.3, 0.4) is 0 Å². The quantitative estimate of drug-likeness (QED) is 0.545. The van der Waals surface area contributed by atoms with E-state index in [1.54, 1.807) is 29.1 Å². The van der Waals surface area contributed by atoms with Crippen molar-refractivity contribution in [1.29, 1.82) is 0 Å². The molecule has 3 aromatic heterocycles. The van der Waals surface area contributed by atoms with Crippen LogP contribution >= 0.6 is 23.2 Å². The number of benzene rings is 1. The van der Waals surface area contributed by atoms with Crippen LogP contribution in [-0.2, 0) is 7.05 Å². The molecule has 0 spiro atoms. The average molecular weight is 373 g/mol. The number of imidazole rings is 1. The van der Waals surface area contributed by atoms with E-state index in [0.717, 1.165) is 22.5 Å². The van der Waals surface area contributed by atoms with Gasteiger partial charge < -0.3 is 10.3 Å². The normalized spacial score (nSPS) is 11.2. The highest BCUT2D eigenvalue weighted by Crippen LogP contribution is 2.35. The molecule has 2 N–H and O–H groups in total. The molecule has 0 unspecified atom stereocenters. The van der Waals surface area contributed by atoms with E-state index in [1.807, 2.05) is 26.1 Å². The molecule has 0 saturated carbocycles. The van der Waals surface area contributed by atoms with E-state index in [9.17, 15) is 0 Å². The lowest BCUT2D eigenvalue weighted by atomic mass is 10.2. The molecule has 0 saturated heterocycles. The van der Waals surface area contributed by atoms with Crippen LogP contribution in [0.1, 0.15) is 5.69 Å². The van der Waals surface area contributed by atoms with Gasteiger partial charge in [0.2, 0.25) is 0 Å². The number of anilines is 2. The van der Waals surface area contributed by atoms with E-state index in [2.05, 4.69) is 25.4 Å². The zero-order valence-corrected chi connectivity index (χ0v) is 15.0. The third-order valence-electron chi connectivity index (χ3n) is 3.85. The van der Waals surface area contributed by atoms with Gasteiger partial charge in [-0.15, -0.1) is 0 Å². The molecule has 4 aromatic rings. The first-order valence-electron chi connectivity index (χ1n) is 7.59. The molecule has 4 rings (SSSR count). The maximum Gasteiger partial charge on any atom is 0.157 e. The monoisotopic (exact) mass is 372 g/mol. The topological polar surface area (TPSA) is 71.4 Å². The standard InChI is InChI=1S/C17H14Cl2N6/c1-9-8-13(25(2)24-9)22-17-15-12(6-7-20-17)21-16(23-15)14-10(18)4-3-5-11(14)19/h3-8H,1-2H3,(H,20,22)(H,21,23). The van der Waals surface area contributed by atoms with Crippen molar-refractivity contribution in [2.24, 2.45) is 7.05 Å². The average Bonchev–Trinajstić information content (AvgIpc) is 3.11. The Kier molecular flexibility index (Phi) is 3.86. The molecule has 0 aliphatic heterocycles. The summed E-state index contributed by atoms with van der Waals surface area (Å²) in [6.45, 7) is 1.94. The van der Waals surface area contributed by atoms with Crippen molar-refractivity contribution >= 4 is 45.9 Å². The van der Waals surface area contributed by atoms with Gasteiger partial charge in [0.15, 0.2) is 5.82 Å². The third kappa shape index (κ3) is 2.83. The summed E-state index contributed by atoms with van der Waals surface area (Å²) in [4.78, 5) is 12.3. The number of pyridine rings is 1. The van der Waals surface area contributed by atoms with Gasteiger partial charge in [0.05, 0.1) is 26.8 Å². The zero-order valence-electron chi connectivity index (χ0n) is 13.5. The Morgan fingerprint density at radius 3 is 2.60 bits per heavy atom. The summed E-state index contributed by atoms with van der Waals surface area (Å²) < 4.78 is 1.76. The Hall–Kier alpha value is -2.57. The lowest BCUT2D eigenvalue weighted by Crippen LogP contribution is -2.01. The minimum Gasteiger partial charge on any atom is -0.335 e. The predicted octanol–water partition coefficient (Wildman–Crippen LogP) is 4.72. The fourth-order valence-corrected chi connectivity index (χ4v) is 3.30. The van der Waals surface area contributed by atoms with Crippen molar-refractivity contribution in [3.63, 3.8) is 0 Å². The number of fused-ring (bicyclic) bond motifs is 1. The van der Waals surface area contributed by atoms with Crippen LogP contribution in [0.4, 0.5) is 11.6 Å². The second kappa shape index (κ2) is 6.06. The predicted molar refractivity (Wildman–Crippen MR) is 101 cm³/mol. The SMILES string of the molecule is Cc1cc(Nc2nccc3nc(-c4c(Cl)cccc4Cl)[nH]c23)n(C)n1. The molecule has 0 fully saturated rings. The van der Waals surface area contributed by atoms with E-state index in [4.69, 9.17) is 23.2 Å². The van der Waals surface area contributed by atoms with Crippen molar-refractivity contribution in [3.8, 4) is 11.4 Å². The van der Waals surface area contributed by atoms with Crippen LogP contribution in [0.2, 0.25) is 10.0 Å². The number of rotatable bonds is 3. The van der Waals surface area contributed by atoms with Gasteiger partial charge in [-0.25, -0.2) is 9.97 Å². The molecule has 6 nitrogen and oxygen atoms in total. The van der Waals surface area contributed by atoms with E-state index >= 15 is 0 Å². The van der Waals surface area contributed by atoms with Crippen molar-refractivity contribution in [1.82, 2.24) is 24.7 Å². The molecular formula is C17H14Cl2N6. The van der Waals surface area contributed by atoms with Gasteiger partial charge in [-0.05, 0) is 25.1 Å². The first-order valence-corrected chi connectivity index (χ1v) is 8.35. The highest BCUT2D eigenvalue weighted by atomic mass is 35.5. The molecule has 0 amide bonds. The summed E-state index contributed by atoms with van der Waals surface area (Å²) in [6, 6.07) is 9.15. The van der Waals surface area contributed by atoms with E-state index in [0.29, 0.717) is 27.3 Å². The van der Waals surface area contributed by atoms with Gasteiger partial charge in [-0.2, -0.15) is 5.10 Å². The zero-order chi connectivity index (χ0) is 17.6. The molecular weight excluding hydrogens is 359 g/mol. The molecule has 25 heavy (non-hydrogen) atoms. The van der Waals surface area contributed by atoms with Gasteiger partial charge >= 0.3 is 0 Å². The molecule has 1 aromatic carbocycles. The second-order valence-corrected chi connectivity index (χ2v) is 6.47. The van der Waals surface area contributed by atoms with E-state index in [-0.39, 0.29) is 0 Å². The van der Waals surface area contributed by atoms with Crippen molar-refractivity contribution in [3.05, 3.63) is 52.3 Å². The van der Waals surface area contributed by atoms with Crippen LogP contribution in [0.5, 0.6) is 0 Å². The maximum absolute atomic E-state index is 6.30. The number of aromatic nitrogens is 5. The Morgan fingerprint density at radius 2 is 1.92 bits per heavy atom. The molecule has 0 atom stereocenters. The molecule has 3 heterocycles. The Bertz CT molecular complexity index is 1060. The number of aryl methyl sites for hydroxylation is 2. The summed E-state index contributed by atoms with van der Waals surface area (Å²) in [5, 5.41) is 8.69. The van der Waals surface area contributed by atoms with Crippen molar-refractivity contribution < 1.29 is 0 Å². The van der Waals surface area contributed by atoms with Gasteiger partial charge in [0.25, 0.3) is 0 Å². The van der Waals surface area contributed by atoms with Crippen LogP contribution < -0.4 is 5.32 Å². The molecule has 8 heteroatoms. The summed E-state index contributed by atoms with van der Waals surface area (Å²) in [6.07, 6.45) is 1.70. The molecule has 0 aliphatic rings. The Morgan fingerprint density at radius 1 is 1.16 bits per heavy atom. The minimum absolute atomic E-state index is 0.538. The van der Waals surface area contributed by atoms with Crippen LogP contribution in [0.15, 0.2) is 36.5 Å². The fourth-order valence-electron chi connectivity index (χ4n) is 2.72. The highest BCUT2D eigenvalue weighted by Gasteiger charge is 2.15. The summed E-state index contributed by atoms with van der Waals surface area (Å²) in [7, 11) is 1.87. The summed E-state index contributed by atoms with van der Waals surface area (Å²) >= 11 is 12.6. The molecule has 126 valence electrons. The number of aromatic amines is 1. The first kappa shape index (κ1) is 15.9. The minimum atomic E-state index is 0.538. The molecule has 0 bridgehead atoms. The third-order valence-corrected chi connectivity index (χ3v) is 4.48. The van der Waals surface area contributed by atoms with Gasteiger partial charge in [0, 0.05) is 19.3 Å². The highest BCUT2D eigenvalue weighted by molar-refractivity contribution is 6.39. The molecule has 0 radical (unpaired) electrons. The van der Waals surface area contributed by atoms with Crippen molar-refractivity contribution in [2.45, 2.75) is 6.92 Å². The number of hydrogen-bond donors (Lipinski definition) is 2. The van der Waals surface area contributed by atoms with Crippen LogP contribution in [0.25, 0.3) is 22.4 Å². The smallest absolute Gasteiger partial charge is 0.157 e. The largest absolute Gasteiger partial charge is 0.335 e. The first-order chi connectivity index (χ1) is 12.0. The maximum atomic E-state index is 6.30. The van der Waals surface area contributed by atoms with Crippen LogP contribution in [-0.4, -0.2) is 24.7 Å². The number of H-pyrrole nitrogens is 1. The van der Waals surface area contributed by atoms with E-state index < -0.39 is 0 Å². The molecule has 0 aliphatic carbocycles. The Balaban J connectivity index is 1.83. The number of halogens is 2. The van der Waals surface area contributed by atoms with E-state index in [1.165, 1.54) is 0 Å². The lowest BCUT2D eigenvalue weighted by molar-refractivity contribution is 0.764.